The van der Waals surface area contributed by atoms with Crippen LogP contribution in [-0.4, -0.2) is 32.5 Å². The quantitative estimate of drug-likeness (QED) is 0.172. The molecule has 52 heavy (non-hydrogen) atoms. The lowest BCUT2D eigenvalue weighted by Crippen LogP contribution is -1.92. The summed E-state index contributed by atoms with van der Waals surface area (Å²) in [5.41, 5.74) is 13.6. The fourth-order valence-electron chi connectivity index (χ4n) is 7.22. The normalized spacial score (nSPS) is 12.2. The largest absolute Gasteiger partial charge is 0.354 e. The zero-order valence-corrected chi connectivity index (χ0v) is 27.9. The summed E-state index contributed by atoms with van der Waals surface area (Å²) in [5.74, 6) is 0. The Balaban J connectivity index is 1.54. The molecule has 6 nitrogen and oxygen atoms in total. The second-order valence-corrected chi connectivity index (χ2v) is 12.7. The summed E-state index contributed by atoms with van der Waals surface area (Å²) in [5, 5.41) is 0. The van der Waals surface area contributed by atoms with Crippen molar-refractivity contribution in [3.05, 3.63) is 168 Å². The van der Waals surface area contributed by atoms with Gasteiger partial charge in [-0.3, -0.25) is 9.59 Å². The first-order chi connectivity index (χ1) is 25.7. The van der Waals surface area contributed by atoms with Crippen LogP contribution < -0.4 is 0 Å². The van der Waals surface area contributed by atoms with E-state index in [0.29, 0.717) is 33.9 Å². The first-order valence-corrected chi connectivity index (χ1v) is 17.1. The molecule has 0 fully saturated rings. The third kappa shape index (κ3) is 5.30. The van der Waals surface area contributed by atoms with Crippen molar-refractivity contribution < 1.29 is 9.59 Å². The third-order valence-electron chi connectivity index (χ3n) is 9.53. The predicted octanol–water partition coefficient (Wildman–Crippen LogP) is 10.5. The van der Waals surface area contributed by atoms with Crippen molar-refractivity contribution in [3.63, 3.8) is 0 Å². The van der Waals surface area contributed by atoms with Crippen molar-refractivity contribution in [2.24, 2.45) is 0 Å². The number of rotatable bonds is 6. The van der Waals surface area contributed by atoms with Gasteiger partial charge in [0.1, 0.15) is 0 Å². The van der Waals surface area contributed by atoms with Crippen molar-refractivity contribution >= 4 is 57.9 Å². The molecule has 4 aromatic carbocycles. The van der Waals surface area contributed by atoms with E-state index in [9.17, 15) is 9.59 Å². The fraction of sp³-hybridized carbons (Fsp3) is 0. The summed E-state index contributed by atoms with van der Waals surface area (Å²) < 4.78 is 0. The third-order valence-corrected chi connectivity index (χ3v) is 9.53. The number of nitrogens with zero attached hydrogens (tertiary/aromatic N) is 2. The zero-order chi connectivity index (χ0) is 35.0. The number of H-pyrrole nitrogens is 2. The van der Waals surface area contributed by atoms with Crippen LogP contribution in [0, 0.1) is 0 Å². The van der Waals surface area contributed by atoms with Crippen LogP contribution >= 0.6 is 0 Å². The average Bonchev–Trinajstić information content (AvgIpc) is 4.03. The SMILES string of the molecule is O=CC1=Cc2nc1c(-c1ccccc1)c1ccc([nH]1)c(-c1ccccc1)c1nc(c(-c3ccccc3)c3ccc([nH]3)c2-c2ccccc2)C=C1C=O. The Morgan fingerprint density at radius 3 is 0.962 bits per heavy atom. The maximum absolute atomic E-state index is 12.9. The van der Waals surface area contributed by atoms with Gasteiger partial charge in [0, 0.05) is 55.5 Å². The number of hydrogen-bond acceptors (Lipinski definition) is 4. The van der Waals surface area contributed by atoms with E-state index in [1.165, 1.54) is 0 Å². The number of carbonyl (C=O) groups excluding carboxylic acids is 2. The minimum absolute atomic E-state index is 0.475. The van der Waals surface area contributed by atoms with Gasteiger partial charge < -0.3 is 9.97 Å². The van der Waals surface area contributed by atoms with Crippen molar-refractivity contribution in [2.45, 2.75) is 0 Å². The van der Waals surface area contributed by atoms with Gasteiger partial charge in [0.05, 0.1) is 22.8 Å². The van der Waals surface area contributed by atoms with Gasteiger partial charge >= 0.3 is 0 Å². The van der Waals surface area contributed by atoms with E-state index in [4.69, 9.17) is 9.97 Å². The average molecular weight is 671 g/mol. The smallest absolute Gasteiger partial charge is 0.152 e. The van der Waals surface area contributed by atoms with Gasteiger partial charge in [-0.1, -0.05) is 121 Å². The minimum atomic E-state index is 0.475. The second-order valence-electron chi connectivity index (χ2n) is 12.7. The number of carbonyl (C=O) groups is 2. The number of fused-ring (bicyclic) bond motifs is 8. The molecule has 2 aliphatic rings. The fourth-order valence-corrected chi connectivity index (χ4v) is 7.22. The molecule has 5 heterocycles. The maximum Gasteiger partial charge on any atom is 0.152 e. The number of hydrogen-bond donors (Lipinski definition) is 2. The van der Waals surface area contributed by atoms with E-state index in [-0.39, 0.29) is 0 Å². The number of allylic oxidation sites excluding steroid dienone is 2. The van der Waals surface area contributed by atoms with Crippen LogP contribution in [0.25, 0.3) is 89.9 Å². The van der Waals surface area contributed by atoms with E-state index in [1.807, 2.05) is 158 Å². The summed E-state index contributed by atoms with van der Waals surface area (Å²) in [6, 6.07) is 48.2. The van der Waals surface area contributed by atoms with Gasteiger partial charge in [0.2, 0.25) is 0 Å². The highest BCUT2D eigenvalue weighted by Gasteiger charge is 2.23. The minimum Gasteiger partial charge on any atom is -0.354 e. The number of benzene rings is 4. The number of aromatic amines is 2. The highest BCUT2D eigenvalue weighted by Crippen LogP contribution is 2.40. The zero-order valence-electron chi connectivity index (χ0n) is 27.9. The molecular weight excluding hydrogens is 641 g/mol. The van der Waals surface area contributed by atoms with Gasteiger partial charge in [0.15, 0.2) is 12.6 Å². The van der Waals surface area contributed by atoms with E-state index in [0.717, 1.165) is 79.1 Å². The molecule has 2 N–H and O–H groups in total. The number of aldehydes is 2. The molecule has 246 valence electrons. The van der Waals surface area contributed by atoms with Crippen LogP contribution in [0.1, 0.15) is 22.8 Å². The Hall–Kier alpha value is -7.18. The first-order valence-electron chi connectivity index (χ1n) is 17.1. The molecule has 6 heteroatoms. The van der Waals surface area contributed by atoms with Crippen LogP contribution in [0.15, 0.2) is 146 Å². The van der Waals surface area contributed by atoms with Crippen molar-refractivity contribution in [3.8, 4) is 44.5 Å². The second kappa shape index (κ2) is 12.9. The summed E-state index contributed by atoms with van der Waals surface area (Å²) in [6.45, 7) is 0. The standard InChI is InChI=1S/C46H30N4O2/c51-27-33-25-39-41(29-13-5-1-6-14-29)35-21-22-36(47-35)42(30-15-7-2-8-16-30)40-26-34(28-52)46(50-40)44(32-19-11-4-12-20-32)38-24-23-37(48-38)43(45(33)49-39)31-17-9-3-10-18-31/h1-28,47-48H. The van der Waals surface area contributed by atoms with Crippen LogP contribution in [0.5, 0.6) is 0 Å². The van der Waals surface area contributed by atoms with E-state index in [2.05, 4.69) is 9.97 Å². The summed E-state index contributed by atoms with van der Waals surface area (Å²) in [7, 11) is 0. The van der Waals surface area contributed by atoms with Crippen LogP contribution in [0.2, 0.25) is 0 Å². The topological polar surface area (TPSA) is 91.5 Å². The highest BCUT2D eigenvalue weighted by atomic mass is 16.1. The van der Waals surface area contributed by atoms with Crippen molar-refractivity contribution in [1.29, 1.82) is 0 Å². The summed E-state index contributed by atoms with van der Waals surface area (Å²) in [6.07, 6.45) is 5.51. The molecular formula is C46H30N4O2. The summed E-state index contributed by atoms with van der Waals surface area (Å²) in [4.78, 5) is 43.7. The lowest BCUT2D eigenvalue weighted by Gasteiger charge is -2.07. The van der Waals surface area contributed by atoms with Gasteiger partial charge in [0.25, 0.3) is 0 Å². The summed E-state index contributed by atoms with van der Waals surface area (Å²) >= 11 is 0. The number of aromatic nitrogens is 4. The molecule has 0 aliphatic carbocycles. The molecule has 2 aliphatic heterocycles. The Morgan fingerprint density at radius 2 is 0.654 bits per heavy atom. The molecule has 9 rings (SSSR count). The molecule has 0 amide bonds. The molecule has 0 atom stereocenters. The number of nitrogens with one attached hydrogen (secondary N) is 2. The molecule has 0 radical (unpaired) electrons. The Bertz CT molecular complexity index is 2560. The van der Waals surface area contributed by atoms with Gasteiger partial charge in [-0.25, -0.2) is 9.97 Å². The molecule has 8 bridgehead atoms. The maximum atomic E-state index is 12.9. The molecule has 0 saturated heterocycles. The molecule has 7 aromatic rings. The molecule has 0 saturated carbocycles. The van der Waals surface area contributed by atoms with Gasteiger partial charge in [-0.2, -0.15) is 0 Å². The van der Waals surface area contributed by atoms with E-state index in [1.54, 1.807) is 0 Å². The van der Waals surface area contributed by atoms with Gasteiger partial charge in [-0.05, 0) is 58.7 Å². The Labute approximate surface area is 299 Å². The van der Waals surface area contributed by atoms with Crippen LogP contribution in [0.3, 0.4) is 0 Å². The van der Waals surface area contributed by atoms with E-state index < -0.39 is 0 Å². The molecule has 3 aromatic heterocycles. The highest BCUT2D eigenvalue weighted by molar-refractivity contribution is 6.20. The Kier molecular flexibility index (Phi) is 7.67. The van der Waals surface area contributed by atoms with Gasteiger partial charge in [-0.15, -0.1) is 0 Å². The predicted molar refractivity (Wildman–Crippen MR) is 211 cm³/mol. The molecule has 0 unspecified atom stereocenters. The first kappa shape index (κ1) is 30.8. The molecule has 0 spiro atoms. The van der Waals surface area contributed by atoms with Crippen molar-refractivity contribution in [2.75, 3.05) is 0 Å². The van der Waals surface area contributed by atoms with Crippen LogP contribution in [-0.2, 0) is 9.59 Å². The Morgan fingerprint density at radius 1 is 0.365 bits per heavy atom. The monoisotopic (exact) mass is 670 g/mol. The van der Waals surface area contributed by atoms with E-state index >= 15 is 0 Å². The van der Waals surface area contributed by atoms with Crippen LogP contribution in [0.4, 0.5) is 0 Å². The van der Waals surface area contributed by atoms with Crippen molar-refractivity contribution in [1.82, 2.24) is 19.9 Å². The lowest BCUT2D eigenvalue weighted by atomic mass is 10.00. The lowest BCUT2D eigenvalue weighted by molar-refractivity contribution is -0.104.